The first-order valence-electron chi connectivity index (χ1n) is 7.13. The van der Waals surface area contributed by atoms with Gasteiger partial charge in [0.25, 0.3) is 0 Å². The monoisotopic (exact) mass is 318 g/mol. The molecule has 0 heterocycles. The Morgan fingerprint density at radius 1 is 1.38 bits per heavy atom. The van der Waals surface area contributed by atoms with Crippen molar-refractivity contribution >= 4 is 29.9 Å². The molecule has 7 heteroatoms. The summed E-state index contributed by atoms with van der Waals surface area (Å²) >= 11 is 1.17. The van der Waals surface area contributed by atoms with E-state index in [4.69, 9.17) is 0 Å². The molecule has 0 radical (unpaired) electrons. The van der Waals surface area contributed by atoms with Gasteiger partial charge in [0.15, 0.2) is 0 Å². The summed E-state index contributed by atoms with van der Waals surface area (Å²) in [5.74, 6) is -1.77. The Morgan fingerprint density at radius 2 is 2.05 bits per heavy atom. The van der Waals surface area contributed by atoms with E-state index < -0.39 is 24.0 Å². The van der Waals surface area contributed by atoms with Gasteiger partial charge in [0.2, 0.25) is 5.91 Å². The molecule has 0 saturated heterocycles. The topological polar surface area (TPSA) is 107 Å². The number of thioether (sulfide) groups is 1. The summed E-state index contributed by atoms with van der Waals surface area (Å²) < 4.78 is 0. The fraction of sp³-hybridized carbons (Fsp3) is 0.786. The lowest BCUT2D eigenvalue weighted by Gasteiger charge is -2.24. The average Bonchev–Trinajstić information content (AvgIpc) is 2.41. The number of hydrogen-bond donors (Lipinski definition) is 2. The molecule has 122 valence electrons. The number of amides is 1. The van der Waals surface area contributed by atoms with Gasteiger partial charge in [0.05, 0.1) is 18.1 Å². The van der Waals surface area contributed by atoms with Gasteiger partial charge in [-0.3, -0.25) is 4.79 Å². The summed E-state index contributed by atoms with van der Waals surface area (Å²) in [5.41, 5.74) is 0. The van der Waals surface area contributed by atoms with Crippen LogP contribution < -0.4 is 10.4 Å². The van der Waals surface area contributed by atoms with E-state index in [-0.39, 0.29) is 17.4 Å². The largest absolute Gasteiger partial charge is 0.548 e. The second kappa shape index (κ2) is 11.6. The van der Waals surface area contributed by atoms with Gasteiger partial charge in [-0.15, -0.1) is 0 Å². The maximum atomic E-state index is 10.9. The van der Waals surface area contributed by atoms with Crippen molar-refractivity contribution < 1.29 is 24.6 Å². The number of unbranched alkanes of at least 4 members (excludes halogenated alkanes) is 2. The molecule has 0 aliphatic heterocycles. The predicted octanol–water partition coefficient (Wildman–Crippen LogP) is -0.127. The number of aliphatic hydroxyl groups is 1. The lowest BCUT2D eigenvalue weighted by molar-refractivity contribution is -0.307. The zero-order valence-corrected chi connectivity index (χ0v) is 13.4. The highest BCUT2D eigenvalue weighted by atomic mass is 32.2. The Hall–Kier alpha value is -1.08. The summed E-state index contributed by atoms with van der Waals surface area (Å²) in [4.78, 5) is 32.5. The number of aldehydes is 1. The van der Waals surface area contributed by atoms with E-state index >= 15 is 0 Å². The zero-order valence-electron chi connectivity index (χ0n) is 12.5. The molecule has 0 aliphatic rings. The molecular weight excluding hydrogens is 294 g/mol. The van der Waals surface area contributed by atoms with Crippen molar-refractivity contribution in [2.24, 2.45) is 0 Å². The van der Waals surface area contributed by atoms with E-state index in [1.165, 1.54) is 18.7 Å². The third-order valence-electron chi connectivity index (χ3n) is 3.00. The highest BCUT2D eigenvalue weighted by Crippen LogP contribution is 2.22. The van der Waals surface area contributed by atoms with Crippen molar-refractivity contribution in [2.75, 3.05) is 5.75 Å². The molecule has 0 spiro atoms. The number of carbonyl (C=O) groups excluding carboxylic acids is 3. The molecule has 0 aromatic heterocycles. The number of carboxylic acid groups (broad SMARTS) is 1. The van der Waals surface area contributed by atoms with Gasteiger partial charge >= 0.3 is 0 Å². The quantitative estimate of drug-likeness (QED) is 0.383. The molecule has 2 N–H and O–H groups in total. The molecule has 0 rings (SSSR count). The molecule has 2 unspecified atom stereocenters. The first kappa shape index (κ1) is 19.9. The smallest absolute Gasteiger partial charge is 0.217 e. The van der Waals surface area contributed by atoms with E-state index in [1.54, 1.807) is 0 Å². The van der Waals surface area contributed by atoms with E-state index in [0.717, 1.165) is 19.3 Å². The van der Waals surface area contributed by atoms with Crippen molar-refractivity contribution in [3.05, 3.63) is 0 Å². The standard InChI is InChI=1S/C14H25NO5S/c1-3-4-5-6-12(18)13(7-8-16)21-9-11(14(19)20)15-10(2)17/h8,11-13,18H,3-7,9H2,1-2H3,(H,15,17)(H,19,20)/p-1/t11-,12?,13?/m0/s1. The maximum Gasteiger partial charge on any atom is 0.217 e. The van der Waals surface area contributed by atoms with Gasteiger partial charge in [-0.25, -0.2) is 0 Å². The molecule has 0 aliphatic carbocycles. The van der Waals surface area contributed by atoms with Crippen molar-refractivity contribution in [1.29, 1.82) is 0 Å². The maximum absolute atomic E-state index is 10.9. The SMILES string of the molecule is CCCCCC(O)C(CC=O)SC[C@H](NC(C)=O)C(=O)[O-]. The number of nitrogens with one attached hydrogen (secondary N) is 1. The fourth-order valence-corrected chi connectivity index (χ4v) is 3.09. The van der Waals surface area contributed by atoms with Gasteiger partial charge in [-0.05, 0) is 6.42 Å². The van der Waals surface area contributed by atoms with E-state index in [1.807, 2.05) is 0 Å². The van der Waals surface area contributed by atoms with E-state index in [2.05, 4.69) is 12.2 Å². The summed E-state index contributed by atoms with van der Waals surface area (Å²) in [5, 5.41) is 22.9. The minimum absolute atomic E-state index is 0.0608. The third-order valence-corrected chi connectivity index (χ3v) is 4.46. The van der Waals surface area contributed by atoms with Crippen LogP contribution in [0.3, 0.4) is 0 Å². The fourth-order valence-electron chi connectivity index (χ4n) is 1.85. The van der Waals surface area contributed by atoms with Crippen molar-refractivity contribution in [1.82, 2.24) is 5.32 Å². The number of carbonyl (C=O) groups is 3. The molecule has 6 nitrogen and oxygen atoms in total. The van der Waals surface area contributed by atoms with Crippen molar-refractivity contribution in [2.45, 2.75) is 63.3 Å². The lowest BCUT2D eigenvalue weighted by atomic mass is 10.1. The van der Waals surface area contributed by atoms with Gasteiger partial charge in [0.1, 0.15) is 6.29 Å². The second-order valence-corrected chi connectivity index (χ2v) is 6.18. The normalized spacial score (nSPS) is 15.0. The van der Waals surface area contributed by atoms with Crippen LogP contribution in [0.2, 0.25) is 0 Å². The van der Waals surface area contributed by atoms with Crippen LogP contribution >= 0.6 is 11.8 Å². The van der Waals surface area contributed by atoms with Gasteiger partial charge in [0, 0.05) is 24.3 Å². The predicted molar refractivity (Wildman–Crippen MR) is 79.7 cm³/mol. The minimum Gasteiger partial charge on any atom is -0.548 e. The highest BCUT2D eigenvalue weighted by Gasteiger charge is 2.21. The molecule has 21 heavy (non-hydrogen) atoms. The van der Waals surface area contributed by atoms with Crippen LogP contribution in [0.5, 0.6) is 0 Å². The van der Waals surface area contributed by atoms with E-state index in [0.29, 0.717) is 12.7 Å². The van der Waals surface area contributed by atoms with Crippen LogP contribution in [0.4, 0.5) is 0 Å². The molecule has 0 bridgehead atoms. The zero-order chi connectivity index (χ0) is 16.3. The van der Waals surface area contributed by atoms with Crippen LogP contribution in [0.25, 0.3) is 0 Å². The van der Waals surface area contributed by atoms with Gasteiger partial charge in [-0.1, -0.05) is 26.2 Å². The Balaban J connectivity index is 4.42. The van der Waals surface area contributed by atoms with E-state index in [9.17, 15) is 24.6 Å². The lowest BCUT2D eigenvalue weighted by Crippen LogP contribution is -2.49. The molecular formula is C14H24NO5S-. The molecule has 1 amide bonds. The second-order valence-electron chi connectivity index (χ2n) is 4.91. The number of aliphatic carboxylic acids is 1. The summed E-state index contributed by atoms with van der Waals surface area (Å²) in [6.07, 6.45) is 3.69. The van der Waals surface area contributed by atoms with Crippen LogP contribution in [-0.4, -0.2) is 46.4 Å². The van der Waals surface area contributed by atoms with Gasteiger partial charge < -0.3 is 25.1 Å². The Morgan fingerprint density at radius 3 is 2.52 bits per heavy atom. The number of carboxylic acids is 1. The molecule has 0 saturated carbocycles. The van der Waals surface area contributed by atoms with Gasteiger partial charge in [-0.2, -0.15) is 11.8 Å². The molecule has 0 fully saturated rings. The Labute approximate surface area is 129 Å². The van der Waals surface area contributed by atoms with Crippen molar-refractivity contribution in [3.8, 4) is 0 Å². The first-order chi connectivity index (χ1) is 9.92. The number of rotatable bonds is 12. The van der Waals surface area contributed by atoms with Crippen LogP contribution in [0, 0.1) is 0 Å². The Bertz CT molecular complexity index is 337. The minimum atomic E-state index is -1.37. The number of aliphatic hydroxyl groups excluding tert-OH is 1. The summed E-state index contributed by atoms with van der Waals surface area (Å²) in [7, 11) is 0. The Kier molecular flexibility index (Phi) is 11.0. The molecule has 0 aromatic carbocycles. The average molecular weight is 318 g/mol. The highest BCUT2D eigenvalue weighted by molar-refractivity contribution is 8.00. The van der Waals surface area contributed by atoms with Crippen LogP contribution in [0.1, 0.15) is 46.0 Å². The van der Waals surface area contributed by atoms with Crippen LogP contribution in [-0.2, 0) is 14.4 Å². The summed E-state index contributed by atoms with van der Waals surface area (Å²) in [6, 6.07) is -1.12. The number of hydrogen-bond acceptors (Lipinski definition) is 6. The van der Waals surface area contributed by atoms with Crippen molar-refractivity contribution in [3.63, 3.8) is 0 Å². The third kappa shape index (κ3) is 9.47. The molecule has 3 atom stereocenters. The van der Waals surface area contributed by atoms with Crippen LogP contribution in [0.15, 0.2) is 0 Å². The first-order valence-corrected chi connectivity index (χ1v) is 8.18. The summed E-state index contributed by atoms with van der Waals surface area (Å²) in [6.45, 7) is 3.28. The molecule has 0 aromatic rings.